The van der Waals surface area contributed by atoms with Crippen LogP contribution in [0.1, 0.15) is 31.2 Å². The number of ketones is 1. The lowest BCUT2D eigenvalue weighted by Gasteiger charge is -2.18. The third-order valence-corrected chi connectivity index (χ3v) is 4.54. The summed E-state index contributed by atoms with van der Waals surface area (Å²) in [7, 11) is 3.56. The number of hydrogen-bond donors (Lipinski definition) is 0. The number of nitrogens with zero attached hydrogens (tertiary/aromatic N) is 3. The highest BCUT2D eigenvalue weighted by molar-refractivity contribution is 7.12. The lowest BCUT2D eigenvalue weighted by atomic mass is 10.0. The van der Waals surface area contributed by atoms with Crippen molar-refractivity contribution in [2.45, 2.75) is 6.54 Å². The number of hydrogen-bond acceptors (Lipinski definition) is 4. The molecule has 0 radical (unpaired) electrons. The van der Waals surface area contributed by atoms with E-state index in [4.69, 9.17) is 0 Å². The highest BCUT2D eigenvalue weighted by Gasteiger charge is 2.21. The second kappa shape index (κ2) is 6.80. The number of thiophene rings is 1. The molecule has 2 aromatic heterocycles. The largest absolute Gasteiger partial charge is 0.337 e. The third-order valence-electron chi connectivity index (χ3n) is 3.67. The first-order chi connectivity index (χ1) is 11.6. The zero-order valence-corrected chi connectivity index (χ0v) is 14.3. The van der Waals surface area contributed by atoms with Gasteiger partial charge in [-0.15, -0.1) is 11.3 Å². The second-order valence-electron chi connectivity index (χ2n) is 5.54. The molecular weight excluding hydrogens is 322 g/mol. The fourth-order valence-corrected chi connectivity index (χ4v) is 3.19. The fourth-order valence-electron chi connectivity index (χ4n) is 2.51. The quantitative estimate of drug-likeness (QED) is 0.672. The topological polar surface area (TPSA) is 55.2 Å². The summed E-state index contributed by atoms with van der Waals surface area (Å²) < 4.78 is 1.70. The van der Waals surface area contributed by atoms with Crippen LogP contribution in [0.15, 0.2) is 54.2 Å². The van der Waals surface area contributed by atoms with Crippen LogP contribution in [0.5, 0.6) is 0 Å². The van der Waals surface area contributed by atoms with E-state index >= 15 is 0 Å². The van der Waals surface area contributed by atoms with Crippen molar-refractivity contribution in [3.05, 3.63) is 75.7 Å². The van der Waals surface area contributed by atoms with E-state index in [1.165, 1.54) is 11.3 Å². The molecule has 0 spiro atoms. The van der Waals surface area contributed by atoms with Crippen LogP contribution in [0.3, 0.4) is 0 Å². The van der Waals surface area contributed by atoms with Gasteiger partial charge in [-0.25, -0.2) is 0 Å². The molecule has 0 saturated heterocycles. The molecule has 5 nitrogen and oxygen atoms in total. The molecule has 3 rings (SSSR count). The molecule has 0 aliphatic heterocycles. The lowest BCUT2D eigenvalue weighted by molar-refractivity contribution is 0.0780. The van der Waals surface area contributed by atoms with Gasteiger partial charge in [-0.3, -0.25) is 14.3 Å². The number of rotatable bonds is 5. The summed E-state index contributed by atoms with van der Waals surface area (Å²) in [5.74, 6) is -0.303. The Morgan fingerprint density at radius 3 is 2.54 bits per heavy atom. The average Bonchev–Trinajstić information content (AvgIpc) is 3.25. The van der Waals surface area contributed by atoms with Gasteiger partial charge in [-0.05, 0) is 17.5 Å². The van der Waals surface area contributed by atoms with Crippen molar-refractivity contribution in [3.8, 4) is 0 Å². The van der Waals surface area contributed by atoms with E-state index in [1.54, 1.807) is 53.2 Å². The number of amides is 1. The summed E-state index contributed by atoms with van der Waals surface area (Å²) in [5.41, 5.74) is 1.79. The Kier molecular flexibility index (Phi) is 4.57. The third kappa shape index (κ3) is 3.28. The van der Waals surface area contributed by atoms with Gasteiger partial charge in [0, 0.05) is 38.0 Å². The zero-order valence-electron chi connectivity index (χ0n) is 13.5. The summed E-state index contributed by atoms with van der Waals surface area (Å²) in [6.07, 6.45) is 3.60. The maximum absolute atomic E-state index is 12.8. The molecule has 3 aromatic rings. The molecule has 1 aromatic carbocycles. The molecule has 2 heterocycles. The van der Waals surface area contributed by atoms with Crippen LogP contribution in [0.4, 0.5) is 0 Å². The van der Waals surface area contributed by atoms with E-state index in [2.05, 4.69) is 5.10 Å². The van der Waals surface area contributed by atoms with Gasteiger partial charge in [0.25, 0.3) is 5.91 Å². The van der Waals surface area contributed by atoms with E-state index in [1.807, 2.05) is 24.7 Å². The molecule has 0 N–H and O–H groups in total. The first-order valence-corrected chi connectivity index (χ1v) is 8.34. The van der Waals surface area contributed by atoms with Gasteiger partial charge >= 0.3 is 0 Å². The van der Waals surface area contributed by atoms with E-state index < -0.39 is 0 Å². The fraction of sp³-hybridized carbons (Fsp3) is 0.167. The highest BCUT2D eigenvalue weighted by Crippen LogP contribution is 2.20. The molecule has 0 unspecified atom stereocenters. The van der Waals surface area contributed by atoms with Crippen molar-refractivity contribution < 1.29 is 9.59 Å². The first-order valence-electron chi connectivity index (χ1n) is 7.46. The summed E-state index contributed by atoms with van der Waals surface area (Å²) in [4.78, 5) is 27.7. The van der Waals surface area contributed by atoms with Crippen molar-refractivity contribution in [2.24, 2.45) is 7.05 Å². The van der Waals surface area contributed by atoms with Gasteiger partial charge in [0.1, 0.15) is 0 Å². The van der Waals surface area contributed by atoms with Gasteiger partial charge in [0.2, 0.25) is 5.78 Å². The number of carbonyl (C=O) groups is 2. The highest BCUT2D eigenvalue weighted by atomic mass is 32.1. The van der Waals surface area contributed by atoms with Crippen LogP contribution in [0.25, 0.3) is 0 Å². The van der Waals surface area contributed by atoms with Crippen LogP contribution < -0.4 is 0 Å². The molecular formula is C18H17N3O2S. The Hall–Kier alpha value is -2.73. The van der Waals surface area contributed by atoms with Gasteiger partial charge in [-0.1, -0.05) is 24.3 Å². The molecule has 6 heteroatoms. The smallest absolute Gasteiger partial charge is 0.254 e. The van der Waals surface area contributed by atoms with Crippen molar-refractivity contribution in [3.63, 3.8) is 0 Å². The molecule has 0 atom stereocenters. The number of aryl methyl sites for hydroxylation is 1. The van der Waals surface area contributed by atoms with E-state index in [-0.39, 0.29) is 11.7 Å². The van der Waals surface area contributed by atoms with Crippen molar-refractivity contribution in [1.29, 1.82) is 0 Å². The Morgan fingerprint density at radius 2 is 1.92 bits per heavy atom. The standard InChI is InChI=1S/C18H17N3O2S/c1-20(11-13-10-19-21(2)12-13)18(23)15-7-4-3-6-14(15)17(22)16-8-5-9-24-16/h3-10,12H,11H2,1-2H3. The van der Waals surface area contributed by atoms with Crippen molar-refractivity contribution in [2.75, 3.05) is 7.05 Å². The van der Waals surface area contributed by atoms with Gasteiger partial charge in [-0.2, -0.15) is 5.10 Å². The van der Waals surface area contributed by atoms with E-state index in [0.717, 1.165) is 5.56 Å². The van der Waals surface area contributed by atoms with E-state index in [0.29, 0.717) is 22.5 Å². The average molecular weight is 339 g/mol. The molecule has 0 aliphatic carbocycles. The van der Waals surface area contributed by atoms with Gasteiger partial charge < -0.3 is 4.90 Å². The Balaban J connectivity index is 1.86. The molecule has 0 saturated carbocycles. The molecule has 0 fully saturated rings. The molecule has 122 valence electrons. The SMILES string of the molecule is CN(Cc1cnn(C)c1)C(=O)c1ccccc1C(=O)c1cccs1. The van der Waals surface area contributed by atoms with Gasteiger partial charge in [0.15, 0.2) is 0 Å². The summed E-state index contributed by atoms with van der Waals surface area (Å²) in [6.45, 7) is 0.439. The van der Waals surface area contributed by atoms with E-state index in [9.17, 15) is 9.59 Å². The first kappa shape index (κ1) is 16.1. The number of aromatic nitrogens is 2. The predicted octanol–water partition coefficient (Wildman–Crippen LogP) is 2.98. The Bertz CT molecular complexity index is 868. The summed E-state index contributed by atoms with van der Waals surface area (Å²) >= 11 is 1.37. The maximum atomic E-state index is 12.8. The van der Waals surface area contributed by atoms with Crippen LogP contribution in [-0.2, 0) is 13.6 Å². The minimum absolute atomic E-state index is 0.122. The molecule has 24 heavy (non-hydrogen) atoms. The van der Waals surface area contributed by atoms with Crippen LogP contribution in [-0.4, -0.2) is 33.4 Å². The normalized spacial score (nSPS) is 10.6. The lowest BCUT2D eigenvalue weighted by Crippen LogP contribution is -2.27. The Labute approximate surface area is 144 Å². The van der Waals surface area contributed by atoms with Crippen LogP contribution in [0, 0.1) is 0 Å². The maximum Gasteiger partial charge on any atom is 0.254 e. The monoisotopic (exact) mass is 339 g/mol. The number of benzene rings is 1. The van der Waals surface area contributed by atoms with Crippen LogP contribution in [0.2, 0.25) is 0 Å². The minimum Gasteiger partial charge on any atom is -0.337 e. The predicted molar refractivity (Wildman–Crippen MR) is 93.2 cm³/mol. The van der Waals surface area contributed by atoms with Crippen molar-refractivity contribution >= 4 is 23.0 Å². The minimum atomic E-state index is -0.181. The second-order valence-corrected chi connectivity index (χ2v) is 6.48. The molecule has 1 amide bonds. The van der Waals surface area contributed by atoms with Crippen molar-refractivity contribution in [1.82, 2.24) is 14.7 Å². The summed E-state index contributed by atoms with van der Waals surface area (Å²) in [5, 5.41) is 5.96. The number of carbonyl (C=O) groups excluding carboxylic acids is 2. The molecule has 0 bridgehead atoms. The van der Waals surface area contributed by atoms with Crippen LogP contribution >= 0.6 is 11.3 Å². The van der Waals surface area contributed by atoms with Gasteiger partial charge in [0.05, 0.1) is 16.6 Å². The Morgan fingerprint density at radius 1 is 1.17 bits per heavy atom. The zero-order chi connectivity index (χ0) is 17.1. The molecule has 0 aliphatic rings. The summed E-state index contributed by atoms with van der Waals surface area (Å²) in [6, 6.07) is 10.6.